The van der Waals surface area contributed by atoms with Crippen molar-refractivity contribution >= 4 is 5.91 Å². The number of nitrogens with zero attached hydrogens (tertiary/aromatic N) is 5. The van der Waals surface area contributed by atoms with E-state index in [9.17, 15) is 4.79 Å². The molecule has 3 rings (SSSR count). The van der Waals surface area contributed by atoms with Crippen molar-refractivity contribution in [1.29, 1.82) is 0 Å². The standard InChI is InChI=1S/C17H30N6O/c1-17(2,3)23-20-15(19-21-23)11-18-14-9-10-22(12-14)16(24)13-7-5-4-6-8-13/h13-14,18H,4-12H2,1-3H3. The van der Waals surface area contributed by atoms with Crippen LogP contribution in [0.1, 0.15) is 65.1 Å². The highest BCUT2D eigenvalue weighted by atomic mass is 16.2. The molecule has 1 aromatic heterocycles. The second kappa shape index (κ2) is 7.17. The molecule has 24 heavy (non-hydrogen) atoms. The van der Waals surface area contributed by atoms with Crippen LogP contribution in [0.4, 0.5) is 0 Å². The van der Waals surface area contributed by atoms with Crippen LogP contribution in [0.15, 0.2) is 0 Å². The second-order valence-electron chi connectivity index (χ2n) is 8.15. The van der Waals surface area contributed by atoms with E-state index in [1.807, 2.05) is 4.90 Å². The van der Waals surface area contributed by atoms with E-state index in [1.165, 1.54) is 19.3 Å². The van der Waals surface area contributed by atoms with E-state index in [-0.39, 0.29) is 11.5 Å². The maximum atomic E-state index is 12.6. The molecule has 0 spiro atoms. The van der Waals surface area contributed by atoms with Crippen molar-refractivity contribution in [2.24, 2.45) is 5.92 Å². The number of nitrogens with one attached hydrogen (secondary N) is 1. The minimum atomic E-state index is -0.151. The average molecular weight is 334 g/mol. The second-order valence-corrected chi connectivity index (χ2v) is 8.15. The lowest BCUT2D eigenvalue weighted by molar-refractivity contribution is -0.135. The molecular weight excluding hydrogens is 304 g/mol. The molecule has 1 saturated heterocycles. The van der Waals surface area contributed by atoms with Crippen LogP contribution in [-0.2, 0) is 16.9 Å². The fourth-order valence-electron chi connectivity index (χ4n) is 3.57. The van der Waals surface area contributed by atoms with Crippen molar-refractivity contribution in [2.45, 2.75) is 77.4 Å². The molecule has 134 valence electrons. The summed E-state index contributed by atoms with van der Waals surface area (Å²) < 4.78 is 0. The van der Waals surface area contributed by atoms with Gasteiger partial charge < -0.3 is 10.2 Å². The first-order valence-corrected chi connectivity index (χ1v) is 9.25. The molecule has 0 aromatic carbocycles. The van der Waals surface area contributed by atoms with Crippen molar-refractivity contribution in [3.05, 3.63) is 5.82 Å². The highest BCUT2D eigenvalue weighted by molar-refractivity contribution is 5.79. The molecule has 7 heteroatoms. The summed E-state index contributed by atoms with van der Waals surface area (Å²) in [5.41, 5.74) is -0.151. The predicted octanol–water partition coefficient (Wildman–Crippen LogP) is 1.70. The van der Waals surface area contributed by atoms with E-state index >= 15 is 0 Å². The number of rotatable bonds is 4. The summed E-state index contributed by atoms with van der Waals surface area (Å²) in [6.45, 7) is 8.44. The van der Waals surface area contributed by atoms with E-state index in [0.717, 1.165) is 32.4 Å². The smallest absolute Gasteiger partial charge is 0.225 e. The Morgan fingerprint density at radius 2 is 1.96 bits per heavy atom. The molecule has 1 saturated carbocycles. The molecule has 1 aliphatic carbocycles. The summed E-state index contributed by atoms with van der Waals surface area (Å²) in [5, 5.41) is 16.1. The molecule has 2 heterocycles. The van der Waals surface area contributed by atoms with Gasteiger partial charge in [0.15, 0.2) is 5.82 Å². The van der Waals surface area contributed by atoms with Crippen LogP contribution in [0.25, 0.3) is 0 Å². The maximum absolute atomic E-state index is 12.6. The van der Waals surface area contributed by atoms with Gasteiger partial charge in [0.2, 0.25) is 5.91 Å². The Labute approximate surface area is 144 Å². The molecule has 7 nitrogen and oxygen atoms in total. The third-order valence-electron chi connectivity index (χ3n) is 5.06. The van der Waals surface area contributed by atoms with Crippen LogP contribution in [0.2, 0.25) is 0 Å². The molecule has 0 bridgehead atoms. The normalized spacial score (nSPS) is 23.0. The van der Waals surface area contributed by atoms with E-state index in [0.29, 0.717) is 24.3 Å². The van der Waals surface area contributed by atoms with Gasteiger partial charge in [-0.25, -0.2) is 0 Å². The highest BCUT2D eigenvalue weighted by Gasteiger charge is 2.31. The summed E-state index contributed by atoms with van der Waals surface area (Å²) in [6, 6.07) is 0.333. The first kappa shape index (κ1) is 17.3. The van der Waals surface area contributed by atoms with Crippen molar-refractivity contribution in [3.63, 3.8) is 0 Å². The lowest BCUT2D eigenvalue weighted by Gasteiger charge is -2.26. The molecule has 2 fully saturated rings. The third-order valence-corrected chi connectivity index (χ3v) is 5.06. The summed E-state index contributed by atoms with van der Waals surface area (Å²) in [7, 11) is 0. The SMILES string of the molecule is CC(C)(C)n1nnc(CNC2CCN(C(=O)C3CCCCC3)C2)n1. The molecule has 1 aliphatic heterocycles. The lowest BCUT2D eigenvalue weighted by Crippen LogP contribution is -2.38. The number of carbonyl (C=O) groups excluding carboxylic acids is 1. The lowest BCUT2D eigenvalue weighted by atomic mass is 9.88. The Morgan fingerprint density at radius 1 is 1.21 bits per heavy atom. The minimum Gasteiger partial charge on any atom is -0.341 e. The Balaban J connectivity index is 1.46. The Bertz CT molecular complexity index is 558. The van der Waals surface area contributed by atoms with Gasteiger partial charge in [-0.05, 0) is 45.2 Å². The van der Waals surface area contributed by atoms with Gasteiger partial charge in [0.05, 0.1) is 12.1 Å². The summed E-state index contributed by atoms with van der Waals surface area (Å²) >= 11 is 0. The van der Waals surface area contributed by atoms with E-state index in [4.69, 9.17) is 0 Å². The van der Waals surface area contributed by atoms with Crippen LogP contribution in [0, 0.1) is 5.92 Å². The number of hydrogen-bond donors (Lipinski definition) is 1. The molecule has 1 amide bonds. The van der Waals surface area contributed by atoms with E-state index in [1.54, 1.807) is 4.80 Å². The summed E-state index contributed by atoms with van der Waals surface area (Å²) in [5.74, 6) is 1.35. The van der Waals surface area contributed by atoms with Gasteiger partial charge in [-0.15, -0.1) is 10.2 Å². The van der Waals surface area contributed by atoms with Gasteiger partial charge in [0.25, 0.3) is 0 Å². The number of carbonyl (C=O) groups is 1. The molecule has 2 aliphatic rings. The fourth-order valence-corrected chi connectivity index (χ4v) is 3.57. The number of hydrogen-bond acceptors (Lipinski definition) is 5. The molecule has 1 N–H and O–H groups in total. The van der Waals surface area contributed by atoms with Crippen LogP contribution in [0.3, 0.4) is 0 Å². The molecule has 1 unspecified atom stereocenters. The van der Waals surface area contributed by atoms with Crippen molar-refractivity contribution in [2.75, 3.05) is 13.1 Å². The quantitative estimate of drug-likeness (QED) is 0.907. The minimum absolute atomic E-state index is 0.151. The Hall–Kier alpha value is -1.50. The zero-order valence-corrected chi connectivity index (χ0v) is 15.2. The summed E-state index contributed by atoms with van der Waals surface area (Å²) in [6.07, 6.45) is 6.87. The fraction of sp³-hybridized carbons (Fsp3) is 0.882. The van der Waals surface area contributed by atoms with Crippen LogP contribution >= 0.6 is 0 Å². The van der Waals surface area contributed by atoms with Crippen molar-refractivity contribution in [3.8, 4) is 0 Å². The highest BCUT2D eigenvalue weighted by Crippen LogP contribution is 2.26. The van der Waals surface area contributed by atoms with Crippen molar-refractivity contribution < 1.29 is 4.79 Å². The zero-order chi connectivity index (χ0) is 17.2. The Kier molecular flexibility index (Phi) is 5.18. The monoisotopic (exact) mass is 334 g/mol. The van der Waals surface area contributed by atoms with Crippen LogP contribution in [-0.4, -0.2) is 50.1 Å². The van der Waals surface area contributed by atoms with Gasteiger partial charge in [-0.1, -0.05) is 19.3 Å². The van der Waals surface area contributed by atoms with E-state index in [2.05, 4.69) is 41.5 Å². The number of tetrazole rings is 1. The van der Waals surface area contributed by atoms with Gasteiger partial charge in [0, 0.05) is 25.0 Å². The summed E-state index contributed by atoms with van der Waals surface area (Å²) in [4.78, 5) is 16.3. The van der Waals surface area contributed by atoms with Gasteiger partial charge >= 0.3 is 0 Å². The van der Waals surface area contributed by atoms with Crippen LogP contribution < -0.4 is 5.32 Å². The van der Waals surface area contributed by atoms with Crippen LogP contribution in [0.5, 0.6) is 0 Å². The Morgan fingerprint density at radius 3 is 2.62 bits per heavy atom. The maximum Gasteiger partial charge on any atom is 0.225 e. The molecular formula is C17H30N6O. The largest absolute Gasteiger partial charge is 0.341 e. The van der Waals surface area contributed by atoms with Crippen molar-refractivity contribution in [1.82, 2.24) is 30.4 Å². The first-order valence-electron chi connectivity index (χ1n) is 9.25. The van der Waals surface area contributed by atoms with E-state index < -0.39 is 0 Å². The zero-order valence-electron chi connectivity index (χ0n) is 15.2. The van der Waals surface area contributed by atoms with Gasteiger partial charge in [0.1, 0.15) is 0 Å². The van der Waals surface area contributed by atoms with Gasteiger partial charge in [-0.3, -0.25) is 4.79 Å². The molecule has 1 aromatic rings. The number of aromatic nitrogens is 4. The number of likely N-dealkylation sites (tertiary alicyclic amines) is 1. The molecule has 0 radical (unpaired) electrons. The topological polar surface area (TPSA) is 75.9 Å². The number of amides is 1. The predicted molar refractivity (Wildman–Crippen MR) is 91.2 cm³/mol. The third kappa shape index (κ3) is 4.12. The molecule has 1 atom stereocenters. The van der Waals surface area contributed by atoms with Gasteiger partial charge in [-0.2, -0.15) is 4.80 Å². The first-order chi connectivity index (χ1) is 11.4. The average Bonchev–Trinajstić information content (AvgIpc) is 3.22.